The van der Waals surface area contributed by atoms with E-state index in [0.717, 1.165) is 29.3 Å². The van der Waals surface area contributed by atoms with Crippen LogP contribution < -0.4 is 15.5 Å². The number of aryl methyl sites for hydroxylation is 1. The first-order valence-corrected chi connectivity index (χ1v) is 11.4. The van der Waals surface area contributed by atoms with Crippen molar-refractivity contribution in [2.45, 2.75) is 33.4 Å². The van der Waals surface area contributed by atoms with Crippen LogP contribution in [0.15, 0.2) is 91.1 Å². The molecule has 34 heavy (non-hydrogen) atoms. The number of hydrogen-bond acceptors (Lipinski definition) is 5. The lowest BCUT2D eigenvalue weighted by Crippen LogP contribution is -2.15. The van der Waals surface area contributed by atoms with E-state index in [2.05, 4.69) is 96.0 Å². The number of nitrogens with one attached hydrogen (secondary N) is 2. The first-order chi connectivity index (χ1) is 16.6. The van der Waals surface area contributed by atoms with Gasteiger partial charge in [0.15, 0.2) is 0 Å². The Bertz CT molecular complexity index is 1280. The van der Waals surface area contributed by atoms with Gasteiger partial charge < -0.3 is 10.6 Å². The van der Waals surface area contributed by atoms with Gasteiger partial charge in [-0.05, 0) is 55.7 Å². The van der Waals surface area contributed by atoms with Crippen LogP contribution in [0.4, 0.5) is 23.1 Å². The van der Waals surface area contributed by atoms with E-state index >= 15 is 0 Å². The molecule has 0 spiro atoms. The Morgan fingerprint density at radius 1 is 0.941 bits per heavy atom. The molecule has 0 fully saturated rings. The van der Waals surface area contributed by atoms with Gasteiger partial charge in [0.05, 0.1) is 11.7 Å². The minimum absolute atomic E-state index is 0.0823. The molecule has 0 amide bonds. The van der Waals surface area contributed by atoms with Gasteiger partial charge in [-0.3, -0.25) is 4.90 Å². The fourth-order valence-corrected chi connectivity index (χ4v) is 3.73. The lowest BCUT2D eigenvalue weighted by atomic mass is 10.1. The molecule has 0 aliphatic carbocycles. The van der Waals surface area contributed by atoms with Crippen molar-refractivity contribution < 1.29 is 0 Å². The van der Waals surface area contributed by atoms with Gasteiger partial charge in [0.2, 0.25) is 5.95 Å². The number of nitrogens with zero attached hydrogens (tertiary/aromatic N) is 3. The van der Waals surface area contributed by atoms with Gasteiger partial charge in [-0.2, -0.15) is 4.98 Å². The van der Waals surface area contributed by atoms with Gasteiger partial charge in [0, 0.05) is 30.5 Å². The van der Waals surface area contributed by atoms with Crippen molar-refractivity contribution in [2.75, 3.05) is 15.5 Å². The summed E-state index contributed by atoms with van der Waals surface area (Å²) in [4.78, 5) is 11.1. The van der Waals surface area contributed by atoms with Crippen molar-refractivity contribution in [3.63, 3.8) is 0 Å². The molecule has 4 rings (SSSR count). The quantitative estimate of drug-likeness (QED) is 0.233. The highest BCUT2D eigenvalue weighted by Crippen LogP contribution is 2.29. The molecule has 1 aromatic heterocycles. The van der Waals surface area contributed by atoms with Crippen molar-refractivity contribution in [2.24, 2.45) is 0 Å². The van der Waals surface area contributed by atoms with Gasteiger partial charge >= 0.3 is 0 Å². The first kappa shape index (κ1) is 22.9. The highest BCUT2D eigenvalue weighted by atomic mass is 15.2. The van der Waals surface area contributed by atoms with E-state index in [9.17, 15) is 0 Å². The molecule has 3 aromatic carbocycles. The highest BCUT2D eigenvalue weighted by molar-refractivity contribution is 5.71. The Hall–Kier alpha value is -4.30. The van der Waals surface area contributed by atoms with Crippen molar-refractivity contribution in [1.29, 1.82) is 0 Å². The Morgan fingerprint density at radius 3 is 2.38 bits per heavy atom. The summed E-state index contributed by atoms with van der Waals surface area (Å²) in [5.41, 5.74) is 5.58. The van der Waals surface area contributed by atoms with E-state index in [0.29, 0.717) is 5.95 Å². The zero-order valence-corrected chi connectivity index (χ0v) is 19.8. The number of anilines is 4. The fraction of sp³-hybridized carbons (Fsp3) is 0.172. The van der Waals surface area contributed by atoms with E-state index < -0.39 is 0 Å². The average Bonchev–Trinajstić information content (AvgIpc) is 2.88. The summed E-state index contributed by atoms with van der Waals surface area (Å²) in [7, 11) is 0. The normalized spacial score (nSPS) is 11.1. The molecule has 2 N–H and O–H groups in total. The van der Waals surface area contributed by atoms with Crippen LogP contribution in [0.1, 0.15) is 36.6 Å². The van der Waals surface area contributed by atoms with E-state index in [1.165, 1.54) is 11.1 Å². The molecule has 5 heteroatoms. The lowest BCUT2D eigenvalue weighted by molar-refractivity contribution is 0.860. The van der Waals surface area contributed by atoms with Gasteiger partial charge in [0.1, 0.15) is 5.82 Å². The smallest absolute Gasteiger partial charge is 0.225 e. The SMILES string of the molecule is CC#CN(c1ccnc(N[C@@H](C)c2ccccc2)n1)c1ccc(NCc2ccccc2)cc1C. The van der Waals surface area contributed by atoms with Crippen LogP contribution in [-0.4, -0.2) is 9.97 Å². The Kier molecular flexibility index (Phi) is 7.42. The lowest BCUT2D eigenvalue weighted by Gasteiger charge is -2.21. The molecule has 1 atom stereocenters. The maximum atomic E-state index is 4.76. The molecule has 0 unspecified atom stereocenters. The van der Waals surface area contributed by atoms with Gasteiger partial charge in [-0.25, -0.2) is 4.98 Å². The summed E-state index contributed by atoms with van der Waals surface area (Å²) >= 11 is 0. The number of aromatic nitrogens is 2. The van der Waals surface area contributed by atoms with Crippen molar-refractivity contribution in [3.8, 4) is 12.0 Å². The van der Waals surface area contributed by atoms with E-state index in [4.69, 9.17) is 4.98 Å². The molecule has 170 valence electrons. The second-order valence-electron chi connectivity index (χ2n) is 8.05. The average molecular weight is 448 g/mol. The second-order valence-corrected chi connectivity index (χ2v) is 8.05. The third-order valence-electron chi connectivity index (χ3n) is 5.52. The monoisotopic (exact) mass is 447 g/mol. The van der Waals surface area contributed by atoms with Crippen molar-refractivity contribution in [3.05, 3.63) is 108 Å². The van der Waals surface area contributed by atoms with Gasteiger partial charge in [0.25, 0.3) is 0 Å². The number of hydrogen-bond donors (Lipinski definition) is 2. The molecule has 1 heterocycles. The molecule has 5 nitrogen and oxygen atoms in total. The van der Waals surface area contributed by atoms with Gasteiger partial charge in [-0.1, -0.05) is 66.6 Å². The van der Waals surface area contributed by atoms with Crippen LogP contribution in [-0.2, 0) is 6.54 Å². The number of rotatable bonds is 8. The van der Waals surface area contributed by atoms with E-state index in [1.807, 2.05) is 42.2 Å². The van der Waals surface area contributed by atoms with E-state index in [1.54, 1.807) is 6.20 Å². The predicted molar refractivity (Wildman–Crippen MR) is 141 cm³/mol. The standard InChI is InChI=1S/C29H29N5/c1-4-19-34(27-16-15-26(20-22(27)2)31-21-24-11-7-5-8-12-24)28-17-18-30-29(33-28)32-23(3)25-13-9-6-10-14-25/h5-18,20,23,31H,21H2,1-3H3,(H,30,32,33)/t23-/m0/s1. The molecule has 0 saturated heterocycles. The maximum Gasteiger partial charge on any atom is 0.225 e. The zero-order valence-electron chi connectivity index (χ0n) is 19.8. The van der Waals surface area contributed by atoms with Crippen LogP contribution in [0.5, 0.6) is 0 Å². The minimum atomic E-state index is 0.0823. The summed E-state index contributed by atoms with van der Waals surface area (Å²) in [6.07, 6.45) is 1.76. The van der Waals surface area contributed by atoms with Crippen LogP contribution in [0, 0.1) is 18.9 Å². The Balaban J connectivity index is 1.53. The predicted octanol–water partition coefficient (Wildman–Crippen LogP) is 6.69. The second kappa shape index (κ2) is 11.0. The maximum absolute atomic E-state index is 4.76. The van der Waals surface area contributed by atoms with E-state index in [-0.39, 0.29) is 6.04 Å². The minimum Gasteiger partial charge on any atom is -0.381 e. The highest BCUT2D eigenvalue weighted by Gasteiger charge is 2.14. The topological polar surface area (TPSA) is 53.1 Å². The van der Waals surface area contributed by atoms with Crippen LogP contribution >= 0.6 is 0 Å². The summed E-state index contributed by atoms with van der Waals surface area (Å²) in [5, 5.41) is 6.89. The molecule has 0 radical (unpaired) electrons. The molecule has 0 aliphatic heterocycles. The molecular formula is C29H29N5. The summed E-state index contributed by atoms with van der Waals surface area (Å²) < 4.78 is 0. The summed E-state index contributed by atoms with van der Waals surface area (Å²) in [6, 6.07) is 32.1. The fourth-order valence-electron chi connectivity index (χ4n) is 3.73. The van der Waals surface area contributed by atoms with Crippen molar-refractivity contribution >= 4 is 23.1 Å². The largest absolute Gasteiger partial charge is 0.381 e. The Labute approximate surface area is 201 Å². The Morgan fingerprint density at radius 2 is 1.68 bits per heavy atom. The van der Waals surface area contributed by atoms with Gasteiger partial charge in [-0.15, -0.1) is 0 Å². The van der Waals surface area contributed by atoms with Crippen LogP contribution in [0.2, 0.25) is 0 Å². The zero-order chi connectivity index (χ0) is 23.8. The third kappa shape index (κ3) is 5.73. The summed E-state index contributed by atoms with van der Waals surface area (Å²) in [5.74, 6) is 4.31. The molecule has 0 saturated carbocycles. The summed E-state index contributed by atoms with van der Waals surface area (Å²) in [6.45, 7) is 6.79. The van der Waals surface area contributed by atoms with Crippen LogP contribution in [0.3, 0.4) is 0 Å². The molecule has 0 aliphatic rings. The molecular weight excluding hydrogens is 418 g/mol. The third-order valence-corrected chi connectivity index (χ3v) is 5.52. The van der Waals surface area contributed by atoms with Crippen molar-refractivity contribution in [1.82, 2.24) is 9.97 Å². The number of benzene rings is 3. The van der Waals surface area contributed by atoms with Crippen LogP contribution in [0.25, 0.3) is 0 Å². The molecule has 0 bridgehead atoms. The first-order valence-electron chi connectivity index (χ1n) is 11.4. The molecule has 4 aromatic rings.